The number of aliphatic imine (C=N–C) groups is 1. The Labute approximate surface area is 349 Å². The number of nitrogens with zero attached hydrogens (tertiary/aromatic N) is 8. The lowest BCUT2D eigenvalue weighted by Gasteiger charge is -2.38. The Morgan fingerprint density at radius 2 is 1.86 bits per heavy atom. The Bertz CT molecular complexity index is 2050. The normalized spacial score (nSPS) is 19.1. The lowest BCUT2D eigenvalue weighted by atomic mass is 9.99. The first-order valence-corrected chi connectivity index (χ1v) is 20.3. The number of halogens is 3. The van der Waals surface area contributed by atoms with Crippen LogP contribution in [0.4, 0.5) is 30.4 Å². The Morgan fingerprint density at radius 3 is 2.54 bits per heavy atom. The van der Waals surface area contributed by atoms with Crippen molar-refractivity contribution in [1.29, 1.82) is 0 Å². The molecule has 1 saturated heterocycles. The zero-order chi connectivity index (χ0) is 43.0. The number of nitrogens with one attached hydrogen (secondary N) is 2. The van der Waals surface area contributed by atoms with Crippen LogP contribution >= 0.6 is 0 Å². The maximum absolute atomic E-state index is 15.2. The summed E-state index contributed by atoms with van der Waals surface area (Å²) in [7, 11) is 4.11. The smallest absolute Gasteiger partial charge is 0.153 e. The third kappa shape index (κ3) is 11.0. The van der Waals surface area contributed by atoms with Crippen LogP contribution in [0.15, 0.2) is 108 Å². The summed E-state index contributed by atoms with van der Waals surface area (Å²) in [4.78, 5) is 19.1. The molecule has 5 rings (SSSR count). The van der Waals surface area contributed by atoms with Gasteiger partial charge in [0.25, 0.3) is 0 Å². The predicted octanol–water partition coefficient (Wildman–Crippen LogP) is 8.84. The van der Waals surface area contributed by atoms with E-state index in [1.54, 1.807) is 12.1 Å². The number of hydrogen-bond donors (Lipinski definition) is 2. The fraction of sp³-hybridized carbons (Fsp3) is 0.413. The number of aryl methyl sites for hydroxylation is 1. The van der Waals surface area contributed by atoms with Crippen LogP contribution in [-0.4, -0.2) is 97.8 Å². The van der Waals surface area contributed by atoms with Gasteiger partial charge in [0, 0.05) is 81.1 Å². The minimum absolute atomic E-state index is 0.0150. The fourth-order valence-corrected chi connectivity index (χ4v) is 7.74. The molecular weight excluding hydrogens is 750 g/mol. The number of hydrazone groups is 1. The van der Waals surface area contributed by atoms with E-state index in [0.29, 0.717) is 67.1 Å². The molecule has 0 amide bonds. The standard InChI is InChI=1S/C46H61F3N10/c1-12-31(5)19-20-55(10)29-51-46(33(7)25-52-59(50-9)42-18-17-36(47)23-40(42)49)58-28-38-24-43(58)34(8)56(11)26-35(13-2)27-57(30(3)4)45-32(6)21-37(48)22-39(45)41-15-14-16-44(53-38)54-41/h12,14-18,21-23,31,35,38,43,52H,1,3,7-9,13,19-20,24-29H2,2,4-6,10-11H3,(H,53,54)/b51-46+. The number of benzene rings is 2. The van der Waals surface area contributed by atoms with E-state index in [2.05, 4.69) is 82.8 Å². The van der Waals surface area contributed by atoms with Gasteiger partial charge >= 0.3 is 0 Å². The van der Waals surface area contributed by atoms with Crippen molar-refractivity contribution in [3.63, 3.8) is 0 Å². The molecule has 4 atom stereocenters. The molecule has 2 aliphatic rings. The van der Waals surface area contributed by atoms with E-state index in [4.69, 9.17) is 16.6 Å². The van der Waals surface area contributed by atoms with Crippen LogP contribution in [0, 0.1) is 36.2 Å². The fourth-order valence-electron chi connectivity index (χ4n) is 7.74. The van der Waals surface area contributed by atoms with E-state index in [-0.39, 0.29) is 36.1 Å². The minimum atomic E-state index is -0.787. The van der Waals surface area contributed by atoms with E-state index < -0.39 is 11.6 Å². The number of amidine groups is 1. The van der Waals surface area contributed by atoms with Gasteiger partial charge in [-0.2, -0.15) is 10.2 Å². The number of likely N-dealkylation sites (tertiary alicyclic amines) is 1. The molecule has 316 valence electrons. The lowest BCUT2D eigenvalue weighted by Crippen LogP contribution is -2.45. The van der Waals surface area contributed by atoms with Crippen LogP contribution in [-0.2, 0) is 0 Å². The van der Waals surface area contributed by atoms with Gasteiger partial charge in [0.2, 0.25) is 0 Å². The second-order valence-electron chi connectivity index (χ2n) is 16.0. The average molecular weight is 811 g/mol. The Hall–Kier alpha value is -5.40. The summed E-state index contributed by atoms with van der Waals surface area (Å²) in [5, 5.41) is 8.82. The van der Waals surface area contributed by atoms with Gasteiger partial charge < -0.3 is 20.0 Å². The van der Waals surface area contributed by atoms with E-state index in [1.807, 2.05) is 45.2 Å². The number of hydrogen-bond acceptors (Lipinski definition) is 9. The summed E-state index contributed by atoms with van der Waals surface area (Å²) in [6.07, 6.45) is 4.45. The minimum Gasteiger partial charge on any atom is -0.376 e. The van der Waals surface area contributed by atoms with E-state index in [9.17, 15) is 8.78 Å². The number of fused-ring (bicyclic) bond motifs is 6. The van der Waals surface area contributed by atoms with Gasteiger partial charge in [-0.05, 0) is 94.0 Å². The number of pyridine rings is 1. The van der Waals surface area contributed by atoms with Crippen molar-refractivity contribution in [1.82, 2.24) is 25.1 Å². The number of anilines is 3. The van der Waals surface area contributed by atoms with Crippen molar-refractivity contribution >= 4 is 29.7 Å². The molecular formula is C46H61F3N10. The maximum atomic E-state index is 15.2. The summed E-state index contributed by atoms with van der Waals surface area (Å²) < 4.78 is 43.8. The molecule has 10 nitrogen and oxygen atoms in total. The molecule has 2 aromatic carbocycles. The molecule has 13 heteroatoms. The van der Waals surface area contributed by atoms with Gasteiger partial charge in [0.05, 0.1) is 24.1 Å². The number of allylic oxidation sites excluding steroid dienone is 2. The number of aromatic nitrogens is 1. The lowest BCUT2D eigenvalue weighted by molar-refractivity contribution is 0.278. The zero-order valence-corrected chi connectivity index (χ0v) is 35.6. The van der Waals surface area contributed by atoms with Crippen molar-refractivity contribution in [2.45, 2.75) is 59.0 Å². The SMILES string of the molecule is C=CC(C)CCN(C)C/N=C(\C(=C)CNN(N=C)c1ccc(F)cc1F)N1CC2CC1C(=C)N(C)CC(CC)CN(C(=C)C)c1c(C)cc(F)cc1-c1cccc(n1)N2. The van der Waals surface area contributed by atoms with Crippen molar-refractivity contribution in [2.75, 3.05) is 68.8 Å². The topological polar surface area (TPSA) is 77.9 Å². The molecule has 59 heavy (non-hydrogen) atoms. The van der Waals surface area contributed by atoms with Crippen molar-refractivity contribution in [3.8, 4) is 11.3 Å². The Balaban J connectivity index is 1.55. The molecule has 3 aromatic rings. The Kier molecular flexibility index (Phi) is 15.2. The quantitative estimate of drug-likeness (QED) is 0.0725. The molecule has 0 saturated carbocycles. The highest BCUT2D eigenvalue weighted by molar-refractivity contribution is 5.99. The highest BCUT2D eigenvalue weighted by atomic mass is 19.1. The van der Waals surface area contributed by atoms with E-state index in [1.165, 1.54) is 11.2 Å². The van der Waals surface area contributed by atoms with Crippen LogP contribution < -0.4 is 20.8 Å². The van der Waals surface area contributed by atoms with Gasteiger partial charge in [-0.1, -0.05) is 45.7 Å². The maximum Gasteiger partial charge on any atom is 0.153 e. The molecule has 0 aliphatic carbocycles. The molecule has 1 aromatic heterocycles. The van der Waals surface area contributed by atoms with E-state index in [0.717, 1.165) is 54.2 Å². The third-order valence-electron chi connectivity index (χ3n) is 11.2. The molecule has 4 bridgehead atoms. The predicted molar refractivity (Wildman–Crippen MR) is 239 cm³/mol. The first-order valence-electron chi connectivity index (χ1n) is 20.3. The second-order valence-corrected chi connectivity index (χ2v) is 16.0. The summed E-state index contributed by atoms with van der Waals surface area (Å²) in [6, 6.07) is 11.9. The van der Waals surface area contributed by atoms with Gasteiger partial charge in [-0.25, -0.2) is 23.6 Å². The average Bonchev–Trinajstić information content (AvgIpc) is 3.61. The summed E-state index contributed by atoms with van der Waals surface area (Å²) in [5.41, 5.74) is 8.60. The van der Waals surface area contributed by atoms with Gasteiger partial charge in [0.1, 0.15) is 29.0 Å². The second kappa shape index (κ2) is 20.0. The van der Waals surface area contributed by atoms with Crippen molar-refractivity contribution < 1.29 is 13.2 Å². The van der Waals surface area contributed by atoms with Crippen LogP contribution in [0.5, 0.6) is 0 Å². The van der Waals surface area contributed by atoms with Crippen LogP contribution in [0.25, 0.3) is 11.3 Å². The number of likely N-dealkylation sites (N-methyl/N-ethyl adjacent to an activating group) is 1. The van der Waals surface area contributed by atoms with Crippen molar-refractivity contribution in [3.05, 3.63) is 121 Å². The molecule has 3 heterocycles. The van der Waals surface area contributed by atoms with Gasteiger partial charge in [-0.15, -0.1) is 6.58 Å². The first-order chi connectivity index (χ1) is 28.1. The van der Waals surface area contributed by atoms with Gasteiger partial charge in [-0.3, -0.25) is 9.89 Å². The molecule has 2 N–H and O–H groups in total. The van der Waals surface area contributed by atoms with Crippen LogP contribution in [0.3, 0.4) is 0 Å². The highest BCUT2D eigenvalue weighted by Crippen LogP contribution is 2.38. The summed E-state index contributed by atoms with van der Waals surface area (Å²) in [5.74, 6) is 0.0730. The Morgan fingerprint density at radius 1 is 1.10 bits per heavy atom. The van der Waals surface area contributed by atoms with Gasteiger partial charge in [0.15, 0.2) is 5.82 Å². The zero-order valence-electron chi connectivity index (χ0n) is 35.6. The first kappa shape index (κ1) is 44.7. The molecule has 2 aliphatic heterocycles. The summed E-state index contributed by atoms with van der Waals surface area (Å²) in [6.45, 7) is 32.6. The summed E-state index contributed by atoms with van der Waals surface area (Å²) >= 11 is 0. The number of rotatable bonds is 14. The van der Waals surface area contributed by atoms with Crippen molar-refractivity contribution in [2.24, 2.45) is 21.9 Å². The molecule has 4 unspecified atom stereocenters. The molecule has 0 spiro atoms. The molecule has 1 fully saturated rings. The highest BCUT2D eigenvalue weighted by Gasteiger charge is 2.38. The number of hydrazine groups is 1. The molecule has 0 radical (unpaired) electrons. The van der Waals surface area contributed by atoms with E-state index >= 15 is 4.39 Å². The largest absolute Gasteiger partial charge is 0.376 e. The van der Waals surface area contributed by atoms with Crippen LogP contribution in [0.1, 0.15) is 45.6 Å². The van der Waals surface area contributed by atoms with Crippen LogP contribution in [0.2, 0.25) is 0 Å². The monoisotopic (exact) mass is 811 g/mol. The third-order valence-corrected chi connectivity index (χ3v) is 11.2.